The van der Waals surface area contributed by atoms with Crippen molar-refractivity contribution in [1.29, 1.82) is 0 Å². The Morgan fingerprint density at radius 1 is 1.44 bits per heavy atom. The molecule has 0 unspecified atom stereocenters. The summed E-state index contributed by atoms with van der Waals surface area (Å²) in [4.78, 5) is 29.5. The average Bonchev–Trinajstić information content (AvgIpc) is 2.97. The first-order valence-electron chi connectivity index (χ1n) is 5.55. The Balaban J connectivity index is 2.09. The highest BCUT2D eigenvalue weighted by Crippen LogP contribution is 2.16. The van der Waals surface area contributed by atoms with E-state index in [4.69, 9.17) is 5.11 Å². The van der Waals surface area contributed by atoms with Crippen molar-refractivity contribution in [3.05, 3.63) is 39.6 Å². The number of rotatable bonds is 2. The van der Waals surface area contributed by atoms with Crippen LogP contribution in [0.15, 0.2) is 17.2 Å². The van der Waals surface area contributed by atoms with Gasteiger partial charge in [0.15, 0.2) is 0 Å². The van der Waals surface area contributed by atoms with E-state index in [9.17, 15) is 9.59 Å². The van der Waals surface area contributed by atoms with Crippen LogP contribution in [0.5, 0.6) is 0 Å². The SMILES string of the molecule is O=C(O)c1cnn(-c2nc3c(c(=O)[nH]2)CCC3)c1. The van der Waals surface area contributed by atoms with Crippen LogP contribution in [0.4, 0.5) is 0 Å². The van der Waals surface area contributed by atoms with Gasteiger partial charge in [0.1, 0.15) is 0 Å². The minimum atomic E-state index is -1.07. The maximum atomic E-state index is 11.8. The smallest absolute Gasteiger partial charge is 0.338 e. The van der Waals surface area contributed by atoms with Crippen molar-refractivity contribution < 1.29 is 9.90 Å². The Labute approximate surface area is 101 Å². The quantitative estimate of drug-likeness (QED) is 0.785. The number of carboxylic acid groups (broad SMARTS) is 1. The van der Waals surface area contributed by atoms with E-state index in [1.807, 2.05) is 0 Å². The predicted molar refractivity (Wildman–Crippen MR) is 61.0 cm³/mol. The van der Waals surface area contributed by atoms with Gasteiger partial charge in [-0.15, -0.1) is 0 Å². The van der Waals surface area contributed by atoms with Gasteiger partial charge in [-0.3, -0.25) is 9.78 Å². The summed E-state index contributed by atoms with van der Waals surface area (Å²) in [6.07, 6.45) is 4.99. The molecule has 0 aliphatic heterocycles. The molecule has 0 amide bonds. The zero-order valence-electron chi connectivity index (χ0n) is 9.38. The number of H-pyrrole nitrogens is 1. The number of nitrogens with zero attached hydrogens (tertiary/aromatic N) is 3. The molecule has 0 spiro atoms. The first-order valence-corrected chi connectivity index (χ1v) is 5.55. The minimum Gasteiger partial charge on any atom is -0.478 e. The zero-order chi connectivity index (χ0) is 12.7. The number of hydrogen-bond donors (Lipinski definition) is 2. The highest BCUT2D eigenvalue weighted by Gasteiger charge is 2.18. The van der Waals surface area contributed by atoms with Crippen LogP contribution in [0.3, 0.4) is 0 Å². The summed E-state index contributed by atoms with van der Waals surface area (Å²) in [5, 5.41) is 12.7. The van der Waals surface area contributed by atoms with Crippen LogP contribution in [0.1, 0.15) is 28.0 Å². The molecule has 3 rings (SSSR count). The lowest BCUT2D eigenvalue weighted by molar-refractivity contribution is 0.0697. The van der Waals surface area contributed by atoms with Crippen molar-refractivity contribution in [3.63, 3.8) is 0 Å². The highest BCUT2D eigenvalue weighted by molar-refractivity contribution is 5.86. The second-order valence-corrected chi connectivity index (χ2v) is 4.15. The molecule has 0 bridgehead atoms. The lowest BCUT2D eigenvalue weighted by atomic mass is 10.3. The van der Waals surface area contributed by atoms with E-state index >= 15 is 0 Å². The predicted octanol–water partition coefficient (Wildman–Crippen LogP) is 0.142. The Morgan fingerprint density at radius 3 is 3.00 bits per heavy atom. The number of carboxylic acids is 1. The van der Waals surface area contributed by atoms with E-state index in [2.05, 4.69) is 15.1 Å². The molecule has 0 fully saturated rings. The molecule has 0 saturated carbocycles. The van der Waals surface area contributed by atoms with Gasteiger partial charge in [0.2, 0.25) is 5.95 Å². The average molecular weight is 246 g/mol. The van der Waals surface area contributed by atoms with Gasteiger partial charge in [-0.05, 0) is 19.3 Å². The monoisotopic (exact) mass is 246 g/mol. The molecule has 18 heavy (non-hydrogen) atoms. The topological polar surface area (TPSA) is 101 Å². The van der Waals surface area contributed by atoms with E-state index in [0.29, 0.717) is 0 Å². The molecular formula is C11H10N4O3. The lowest BCUT2D eigenvalue weighted by Crippen LogP contribution is -2.18. The number of aromatic amines is 1. The maximum absolute atomic E-state index is 11.8. The van der Waals surface area contributed by atoms with Crippen molar-refractivity contribution in [3.8, 4) is 5.95 Å². The molecule has 2 heterocycles. The van der Waals surface area contributed by atoms with Gasteiger partial charge >= 0.3 is 5.97 Å². The van der Waals surface area contributed by atoms with Crippen molar-refractivity contribution in [2.45, 2.75) is 19.3 Å². The third-order valence-corrected chi connectivity index (χ3v) is 2.98. The highest BCUT2D eigenvalue weighted by atomic mass is 16.4. The minimum absolute atomic E-state index is 0.0538. The Kier molecular flexibility index (Phi) is 2.26. The van der Waals surface area contributed by atoms with Gasteiger partial charge < -0.3 is 5.11 Å². The standard InChI is InChI=1S/C11H10N4O3/c16-9-7-2-1-3-8(7)13-11(14-9)15-5-6(4-12-15)10(17)18/h4-5H,1-3H2,(H,17,18)(H,13,14,16). The fraction of sp³-hybridized carbons (Fsp3) is 0.273. The number of aryl methyl sites for hydroxylation is 1. The molecule has 7 heteroatoms. The molecule has 1 aliphatic rings. The first kappa shape index (κ1) is 10.7. The summed E-state index contributed by atoms with van der Waals surface area (Å²) in [7, 11) is 0. The van der Waals surface area contributed by atoms with Gasteiger partial charge in [0.25, 0.3) is 5.56 Å². The zero-order valence-corrected chi connectivity index (χ0v) is 9.38. The van der Waals surface area contributed by atoms with Crippen LogP contribution in [-0.4, -0.2) is 30.8 Å². The Bertz CT molecular complexity index is 686. The summed E-state index contributed by atoms with van der Waals surface area (Å²) in [6, 6.07) is 0. The molecule has 1 aliphatic carbocycles. The van der Waals surface area contributed by atoms with E-state index in [-0.39, 0.29) is 17.1 Å². The van der Waals surface area contributed by atoms with Gasteiger partial charge in [-0.1, -0.05) is 0 Å². The van der Waals surface area contributed by atoms with Crippen molar-refractivity contribution in [1.82, 2.24) is 19.7 Å². The second kappa shape index (κ2) is 3.80. The number of aromatic carboxylic acids is 1. The molecule has 2 aromatic heterocycles. The molecule has 2 aromatic rings. The van der Waals surface area contributed by atoms with Crippen LogP contribution in [0.2, 0.25) is 0 Å². The first-order chi connectivity index (χ1) is 8.65. The largest absolute Gasteiger partial charge is 0.478 e. The summed E-state index contributed by atoms with van der Waals surface area (Å²) < 4.78 is 1.27. The number of carbonyl (C=O) groups is 1. The molecule has 7 nitrogen and oxygen atoms in total. The maximum Gasteiger partial charge on any atom is 0.338 e. The van der Waals surface area contributed by atoms with E-state index in [1.54, 1.807) is 0 Å². The second-order valence-electron chi connectivity index (χ2n) is 4.15. The van der Waals surface area contributed by atoms with Gasteiger partial charge in [0, 0.05) is 11.8 Å². The summed E-state index contributed by atoms with van der Waals surface area (Å²) >= 11 is 0. The van der Waals surface area contributed by atoms with Crippen LogP contribution < -0.4 is 5.56 Å². The van der Waals surface area contributed by atoms with Crippen LogP contribution in [0.25, 0.3) is 5.95 Å². The van der Waals surface area contributed by atoms with Crippen molar-refractivity contribution in [2.24, 2.45) is 0 Å². The fourth-order valence-corrected chi connectivity index (χ4v) is 2.09. The van der Waals surface area contributed by atoms with Gasteiger partial charge in [0.05, 0.1) is 17.5 Å². The van der Waals surface area contributed by atoms with Gasteiger partial charge in [-0.2, -0.15) is 5.10 Å². The number of fused-ring (bicyclic) bond motifs is 1. The van der Waals surface area contributed by atoms with E-state index in [0.717, 1.165) is 30.5 Å². The third kappa shape index (κ3) is 1.60. The fourth-order valence-electron chi connectivity index (χ4n) is 2.09. The molecule has 0 aromatic carbocycles. The summed E-state index contributed by atoms with van der Waals surface area (Å²) in [6.45, 7) is 0. The van der Waals surface area contributed by atoms with Crippen molar-refractivity contribution in [2.75, 3.05) is 0 Å². The Hall–Kier alpha value is -2.44. The van der Waals surface area contributed by atoms with Gasteiger partial charge in [-0.25, -0.2) is 14.5 Å². The third-order valence-electron chi connectivity index (χ3n) is 2.98. The van der Waals surface area contributed by atoms with Crippen molar-refractivity contribution >= 4 is 5.97 Å². The van der Waals surface area contributed by atoms with E-state index < -0.39 is 5.97 Å². The molecule has 0 atom stereocenters. The van der Waals surface area contributed by atoms with E-state index in [1.165, 1.54) is 17.1 Å². The molecular weight excluding hydrogens is 236 g/mol. The van der Waals surface area contributed by atoms with Crippen LogP contribution >= 0.6 is 0 Å². The molecule has 92 valence electrons. The lowest BCUT2D eigenvalue weighted by Gasteiger charge is -2.02. The number of nitrogens with one attached hydrogen (secondary N) is 1. The molecule has 0 saturated heterocycles. The van der Waals surface area contributed by atoms with Crippen LogP contribution in [0, 0.1) is 0 Å². The number of aromatic nitrogens is 4. The summed E-state index contributed by atoms with van der Waals surface area (Å²) in [5.74, 6) is -0.807. The molecule has 2 N–H and O–H groups in total. The number of hydrogen-bond acceptors (Lipinski definition) is 4. The van der Waals surface area contributed by atoms with Crippen LogP contribution in [-0.2, 0) is 12.8 Å². The Morgan fingerprint density at radius 2 is 2.28 bits per heavy atom. The molecule has 0 radical (unpaired) electrons. The normalized spacial score (nSPS) is 13.6. The summed E-state index contributed by atoms with van der Waals surface area (Å²) in [5.41, 5.74) is 1.39.